The molecular weight excluding hydrogens is 317 g/mol. The van der Waals surface area contributed by atoms with E-state index in [9.17, 15) is 9.18 Å². The zero-order valence-electron chi connectivity index (χ0n) is 14.1. The number of H-pyrrole nitrogens is 1. The summed E-state index contributed by atoms with van der Waals surface area (Å²) in [6.07, 6.45) is 1.72. The van der Waals surface area contributed by atoms with Crippen LogP contribution in [0.4, 0.5) is 4.39 Å². The Kier molecular flexibility index (Phi) is 3.99. The Morgan fingerprint density at radius 2 is 1.88 bits per heavy atom. The highest BCUT2D eigenvalue weighted by atomic mass is 19.1. The van der Waals surface area contributed by atoms with Crippen LogP contribution in [0.25, 0.3) is 11.0 Å². The number of benzene rings is 2. The van der Waals surface area contributed by atoms with Gasteiger partial charge in [-0.2, -0.15) is 0 Å². The van der Waals surface area contributed by atoms with Crippen molar-refractivity contribution >= 4 is 16.9 Å². The Morgan fingerprint density at radius 1 is 1.16 bits per heavy atom. The number of nitrogens with one attached hydrogen (secondary N) is 1. The molecule has 5 heteroatoms. The van der Waals surface area contributed by atoms with Gasteiger partial charge in [0.25, 0.3) is 5.91 Å². The Bertz CT molecular complexity index is 908. The molecule has 128 valence electrons. The van der Waals surface area contributed by atoms with E-state index in [2.05, 4.69) is 9.97 Å². The van der Waals surface area contributed by atoms with Crippen molar-refractivity contribution in [1.82, 2.24) is 14.9 Å². The first kappa shape index (κ1) is 15.8. The Morgan fingerprint density at radius 3 is 2.60 bits per heavy atom. The lowest BCUT2D eigenvalue weighted by molar-refractivity contribution is 0.0711. The lowest BCUT2D eigenvalue weighted by Gasteiger charge is -2.31. The molecule has 25 heavy (non-hydrogen) atoms. The number of rotatable bonds is 2. The maximum atomic E-state index is 13.3. The number of hydrogen-bond donors (Lipinski definition) is 1. The van der Waals surface area contributed by atoms with Crippen molar-refractivity contribution in [1.29, 1.82) is 0 Å². The van der Waals surface area contributed by atoms with Crippen LogP contribution in [0, 0.1) is 12.7 Å². The van der Waals surface area contributed by atoms with Crippen LogP contribution in [0.2, 0.25) is 0 Å². The van der Waals surface area contributed by atoms with Crippen LogP contribution >= 0.6 is 0 Å². The number of amides is 1. The van der Waals surface area contributed by atoms with E-state index in [-0.39, 0.29) is 17.6 Å². The maximum absolute atomic E-state index is 13.3. The zero-order chi connectivity index (χ0) is 17.4. The molecule has 3 aromatic rings. The van der Waals surface area contributed by atoms with E-state index in [4.69, 9.17) is 0 Å². The monoisotopic (exact) mass is 337 g/mol. The second-order valence-electron chi connectivity index (χ2n) is 6.72. The van der Waals surface area contributed by atoms with E-state index in [1.807, 2.05) is 36.1 Å². The average molecular weight is 337 g/mol. The first-order valence-electron chi connectivity index (χ1n) is 8.61. The van der Waals surface area contributed by atoms with Crippen LogP contribution in [0.5, 0.6) is 0 Å². The van der Waals surface area contributed by atoms with Crippen LogP contribution in [0.15, 0.2) is 42.5 Å². The highest BCUT2D eigenvalue weighted by Gasteiger charge is 2.26. The molecule has 2 aromatic carbocycles. The standard InChI is InChI=1S/C20H20FN3O/c1-13-2-4-15(5-3-13)20(25)24-10-8-14(9-11-24)19-22-17-7-6-16(21)12-18(17)23-19/h2-7,12,14H,8-11H2,1H3,(H,22,23). The second kappa shape index (κ2) is 6.31. The maximum Gasteiger partial charge on any atom is 0.253 e. The fraction of sp³-hybridized carbons (Fsp3) is 0.300. The van der Waals surface area contributed by atoms with Gasteiger partial charge in [-0.15, -0.1) is 0 Å². The molecule has 0 radical (unpaired) electrons. The van der Waals surface area contributed by atoms with Gasteiger partial charge in [0.2, 0.25) is 0 Å². The predicted octanol–water partition coefficient (Wildman–Crippen LogP) is 4.03. The van der Waals surface area contributed by atoms with E-state index in [0.717, 1.165) is 40.8 Å². The third kappa shape index (κ3) is 3.14. The van der Waals surface area contributed by atoms with Crippen LogP contribution in [-0.4, -0.2) is 33.9 Å². The third-order valence-corrected chi connectivity index (χ3v) is 4.93. The van der Waals surface area contributed by atoms with E-state index in [1.165, 1.54) is 12.1 Å². The number of aromatic nitrogens is 2. The fourth-order valence-corrected chi connectivity index (χ4v) is 3.43. The number of aryl methyl sites for hydroxylation is 1. The summed E-state index contributed by atoms with van der Waals surface area (Å²) in [4.78, 5) is 22.3. The van der Waals surface area contributed by atoms with Crippen molar-refractivity contribution in [2.75, 3.05) is 13.1 Å². The van der Waals surface area contributed by atoms with Gasteiger partial charge in [-0.3, -0.25) is 4.79 Å². The van der Waals surface area contributed by atoms with Gasteiger partial charge in [0.15, 0.2) is 0 Å². The Balaban J connectivity index is 1.45. The molecule has 1 aromatic heterocycles. The molecule has 1 aliphatic heterocycles. The summed E-state index contributed by atoms with van der Waals surface area (Å²) in [7, 11) is 0. The van der Waals surface area contributed by atoms with Gasteiger partial charge >= 0.3 is 0 Å². The normalized spacial score (nSPS) is 15.7. The van der Waals surface area contributed by atoms with Crippen molar-refractivity contribution in [3.63, 3.8) is 0 Å². The molecule has 0 bridgehead atoms. The molecule has 1 amide bonds. The number of carbonyl (C=O) groups excluding carboxylic acids is 1. The summed E-state index contributed by atoms with van der Waals surface area (Å²) in [6.45, 7) is 3.44. The summed E-state index contributed by atoms with van der Waals surface area (Å²) < 4.78 is 13.3. The quantitative estimate of drug-likeness (QED) is 0.767. The number of nitrogens with zero attached hydrogens (tertiary/aromatic N) is 2. The van der Waals surface area contributed by atoms with E-state index < -0.39 is 0 Å². The van der Waals surface area contributed by atoms with Gasteiger partial charge in [0.05, 0.1) is 11.0 Å². The summed E-state index contributed by atoms with van der Waals surface area (Å²) in [6, 6.07) is 12.3. The number of aromatic amines is 1. The minimum atomic E-state index is -0.263. The lowest BCUT2D eigenvalue weighted by atomic mass is 9.95. The molecule has 0 atom stereocenters. The highest BCUT2D eigenvalue weighted by Crippen LogP contribution is 2.28. The molecule has 1 saturated heterocycles. The van der Waals surface area contributed by atoms with Crippen molar-refractivity contribution in [2.45, 2.75) is 25.7 Å². The molecule has 0 spiro atoms. The Hall–Kier alpha value is -2.69. The van der Waals surface area contributed by atoms with Crippen molar-refractivity contribution in [3.05, 3.63) is 65.2 Å². The zero-order valence-corrected chi connectivity index (χ0v) is 14.1. The number of piperidine rings is 1. The summed E-state index contributed by atoms with van der Waals surface area (Å²) >= 11 is 0. The second-order valence-corrected chi connectivity index (χ2v) is 6.72. The smallest absolute Gasteiger partial charge is 0.253 e. The number of hydrogen-bond acceptors (Lipinski definition) is 2. The molecule has 1 fully saturated rings. The van der Waals surface area contributed by atoms with Crippen molar-refractivity contribution < 1.29 is 9.18 Å². The fourth-order valence-electron chi connectivity index (χ4n) is 3.43. The Labute approximate surface area is 145 Å². The van der Waals surface area contributed by atoms with E-state index >= 15 is 0 Å². The SMILES string of the molecule is Cc1ccc(C(=O)N2CCC(c3nc4ccc(F)cc4[nH]3)CC2)cc1. The van der Waals surface area contributed by atoms with Crippen LogP contribution in [0.3, 0.4) is 0 Å². The average Bonchev–Trinajstić information content (AvgIpc) is 3.05. The van der Waals surface area contributed by atoms with Crippen LogP contribution in [0.1, 0.15) is 40.5 Å². The topological polar surface area (TPSA) is 49.0 Å². The minimum absolute atomic E-state index is 0.0881. The first-order valence-corrected chi connectivity index (χ1v) is 8.61. The highest BCUT2D eigenvalue weighted by molar-refractivity contribution is 5.94. The molecule has 0 aliphatic carbocycles. The van der Waals surface area contributed by atoms with Gasteiger partial charge in [0, 0.05) is 24.6 Å². The molecular formula is C20H20FN3O. The number of halogens is 1. The van der Waals surface area contributed by atoms with Gasteiger partial charge in [-0.05, 0) is 50.1 Å². The lowest BCUT2D eigenvalue weighted by Crippen LogP contribution is -2.38. The van der Waals surface area contributed by atoms with E-state index in [1.54, 1.807) is 6.07 Å². The molecule has 0 unspecified atom stereocenters. The van der Waals surface area contributed by atoms with Crippen LogP contribution in [-0.2, 0) is 0 Å². The number of imidazole rings is 1. The molecule has 4 rings (SSSR count). The van der Waals surface area contributed by atoms with Gasteiger partial charge in [-0.1, -0.05) is 17.7 Å². The summed E-state index contributed by atoms with van der Waals surface area (Å²) in [5.41, 5.74) is 3.41. The number of fused-ring (bicyclic) bond motifs is 1. The third-order valence-electron chi connectivity index (χ3n) is 4.93. The van der Waals surface area contributed by atoms with Gasteiger partial charge < -0.3 is 9.88 Å². The molecule has 4 nitrogen and oxygen atoms in total. The molecule has 0 saturated carbocycles. The summed E-state index contributed by atoms with van der Waals surface area (Å²) in [5, 5.41) is 0. The van der Waals surface area contributed by atoms with Crippen molar-refractivity contribution in [2.24, 2.45) is 0 Å². The van der Waals surface area contributed by atoms with Gasteiger partial charge in [-0.25, -0.2) is 9.37 Å². The summed E-state index contributed by atoms with van der Waals surface area (Å²) in [5.74, 6) is 0.993. The molecule has 2 heterocycles. The first-order chi connectivity index (χ1) is 12.1. The van der Waals surface area contributed by atoms with E-state index in [0.29, 0.717) is 13.1 Å². The van der Waals surface area contributed by atoms with Gasteiger partial charge in [0.1, 0.15) is 11.6 Å². The predicted molar refractivity (Wildman–Crippen MR) is 95.1 cm³/mol. The molecule has 1 aliphatic rings. The van der Waals surface area contributed by atoms with Crippen LogP contribution < -0.4 is 0 Å². The minimum Gasteiger partial charge on any atom is -0.342 e. The number of likely N-dealkylation sites (tertiary alicyclic amines) is 1. The number of carbonyl (C=O) groups is 1. The van der Waals surface area contributed by atoms with Crippen molar-refractivity contribution in [3.8, 4) is 0 Å². The largest absolute Gasteiger partial charge is 0.342 e. The molecule has 1 N–H and O–H groups in total.